The van der Waals surface area contributed by atoms with Crippen molar-refractivity contribution < 1.29 is 4.79 Å². The van der Waals surface area contributed by atoms with Gasteiger partial charge in [0.05, 0.1) is 0 Å². The summed E-state index contributed by atoms with van der Waals surface area (Å²) in [4.78, 5) is 12.4. The number of hydrogen-bond acceptors (Lipinski definition) is 1. The Bertz CT molecular complexity index is 762. The molecule has 3 rings (SSSR count). The van der Waals surface area contributed by atoms with Crippen LogP contribution in [0.1, 0.15) is 15.9 Å². The molecule has 2 heteroatoms. The minimum atomic E-state index is -0.00625. The first-order valence-electron chi connectivity index (χ1n) is 6.03. The molecule has 0 aromatic heterocycles. The fourth-order valence-electron chi connectivity index (χ4n) is 2.13. The van der Waals surface area contributed by atoms with Crippen molar-refractivity contribution in [2.24, 2.45) is 0 Å². The molecule has 0 fully saturated rings. The van der Waals surface area contributed by atoms with Crippen LogP contribution in [0.25, 0.3) is 10.8 Å². The second-order valence-corrected chi connectivity index (χ2v) is 4.84. The van der Waals surface area contributed by atoms with E-state index in [4.69, 9.17) is 11.6 Å². The zero-order valence-corrected chi connectivity index (χ0v) is 10.9. The van der Waals surface area contributed by atoms with Gasteiger partial charge in [0.2, 0.25) is 0 Å². The van der Waals surface area contributed by atoms with Gasteiger partial charge in [-0.15, -0.1) is 0 Å². The highest BCUT2D eigenvalue weighted by molar-refractivity contribution is 6.31. The fraction of sp³-hybridized carbons (Fsp3) is 0. The molecule has 3 aromatic carbocycles. The summed E-state index contributed by atoms with van der Waals surface area (Å²) in [5, 5.41) is 2.77. The molecular formula is C17H11ClO. The van der Waals surface area contributed by atoms with E-state index in [0.717, 1.165) is 10.8 Å². The van der Waals surface area contributed by atoms with Gasteiger partial charge >= 0.3 is 0 Å². The fourth-order valence-corrected chi connectivity index (χ4v) is 2.32. The zero-order chi connectivity index (χ0) is 13.2. The zero-order valence-electron chi connectivity index (χ0n) is 10.1. The summed E-state index contributed by atoms with van der Waals surface area (Å²) in [7, 11) is 0. The van der Waals surface area contributed by atoms with Gasteiger partial charge in [0.25, 0.3) is 0 Å². The van der Waals surface area contributed by atoms with Crippen LogP contribution in [0.15, 0.2) is 66.7 Å². The number of benzene rings is 3. The van der Waals surface area contributed by atoms with E-state index < -0.39 is 0 Å². The number of carbonyl (C=O) groups excluding carboxylic acids is 1. The van der Waals surface area contributed by atoms with Crippen LogP contribution in [0, 0.1) is 0 Å². The first kappa shape index (κ1) is 11.9. The van der Waals surface area contributed by atoms with Crippen LogP contribution >= 0.6 is 11.6 Å². The third-order valence-corrected chi connectivity index (χ3v) is 3.33. The topological polar surface area (TPSA) is 17.1 Å². The van der Waals surface area contributed by atoms with Crippen LogP contribution in [0.5, 0.6) is 0 Å². The van der Waals surface area contributed by atoms with E-state index in [9.17, 15) is 4.79 Å². The Balaban J connectivity index is 2.06. The third kappa shape index (κ3) is 2.38. The maximum Gasteiger partial charge on any atom is 0.193 e. The third-order valence-electron chi connectivity index (χ3n) is 3.10. The molecule has 92 valence electrons. The van der Waals surface area contributed by atoms with Crippen LogP contribution in [-0.4, -0.2) is 5.78 Å². The van der Waals surface area contributed by atoms with Gasteiger partial charge < -0.3 is 0 Å². The van der Waals surface area contributed by atoms with Crippen molar-refractivity contribution in [1.82, 2.24) is 0 Å². The van der Waals surface area contributed by atoms with Crippen LogP contribution in [0.3, 0.4) is 0 Å². The van der Waals surface area contributed by atoms with Gasteiger partial charge in [0.15, 0.2) is 5.78 Å². The molecule has 0 heterocycles. The maximum absolute atomic E-state index is 12.4. The van der Waals surface area contributed by atoms with Gasteiger partial charge in [0, 0.05) is 16.1 Å². The predicted molar refractivity (Wildman–Crippen MR) is 78.8 cm³/mol. The molecule has 0 amide bonds. The summed E-state index contributed by atoms with van der Waals surface area (Å²) in [6.45, 7) is 0. The average Bonchev–Trinajstić information content (AvgIpc) is 2.46. The molecule has 0 aliphatic carbocycles. The van der Waals surface area contributed by atoms with E-state index in [1.807, 2.05) is 42.5 Å². The summed E-state index contributed by atoms with van der Waals surface area (Å²) in [6.07, 6.45) is 0. The molecule has 0 unspecified atom stereocenters. The van der Waals surface area contributed by atoms with Crippen LogP contribution < -0.4 is 0 Å². The molecule has 1 nitrogen and oxygen atoms in total. The summed E-state index contributed by atoms with van der Waals surface area (Å²) >= 11 is 5.92. The van der Waals surface area contributed by atoms with E-state index in [-0.39, 0.29) is 5.78 Å². The van der Waals surface area contributed by atoms with Crippen molar-refractivity contribution in [3.63, 3.8) is 0 Å². The lowest BCUT2D eigenvalue weighted by molar-refractivity contribution is 0.103. The second-order valence-electron chi connectivity index (χ2n) is 4.40. The molecule has 0 saturated carbocycles. The molecule has 0 saturated heterocycles. The Hall–Kier alpha value is -2.12. The molecule has 0 aliphatic heterocycles. The normalized spacial score (nSPS) is 10.6. The Morgan fingerprint density at radius 3 is 2.26 bits per heavy atom. The minimum absolute atomic E-state index is 0.00625. The number of rotatable bonds is 2. The lowest BCUT2D eigenvalue weighted by Crippen LogP contribution is -2.00. The van der Waals surface area contributed by atoms with Gasteiger partial charge in [-0.25, -0.2) is 0 Å². The quantitative estimate of drug-likeness (QED) is 0.613. The minimum Gasteiger partial charge on any atom is -0.289 e. The predicted octanol–water partition coefficient (Wildman–Crippen LogP) is 4.72. The monoisotopic (exact) mass is 266 g/mol. The second kappa shape index (κ2) is 4.87. The number of fused-ring (bicyclic) bond motifs is 1. The van der Waals surface area contributed by atoms with E-state index >= 15 is 0 Å². The average molecular weight is 267 g/mol. The lowest BCUT2D eigenvalue weighted by Gasteiger charge is -2.04. The molecule has 0 aliphatic rings. The van der Waals surface area contributed by atoms with Gasteiger partial charge in [-0.05, 0) is 29.0 Å². The molecule has 3 aromatic rings. The summed E-state index contributed by atoms with van der Waals surface area (Å²) in [5.41, 5.74) is 1.30. The molecule has 0 atom stereocenters. The highest BCUT2D eigenvalue weighted by Crippen LogP contribution is 2.19. The molecule has 0 N–H and O–H groups in total. The van der Waals surface area contributed by atoms with Crippen LogP contribution in [0.2, 0.25) is 5.02 Å². The van der Waals surface area contributed by atoms with E-state index in [0.29, 0.717) is 16.1 Å². The van der Waals surface area contributed by atoms with E-state index in [1.54, 1.807) is 24.3 Å². The molecule has 0 radical (unpaired) electrons. The van der Waals surface area contributed by atoms with Crippen LogP contribution in [0.4, 0.5) is 0 Å². The first-order chi connectivity index (χ1) is 9.24. The largest absolute Gasteiger partial charge is 0.289 e. The Morgan fingerprint density at radius 2 is 1.47 bits per heavy atom. The summed E-state index contributed by atoms with van der Waals surface area (Å²) < 4.78 is 0. The van der Waals surface area contributed by atoms with Gasteiger partial charge in [-0.1, -0.05) is 60.1 Å². The van der Waals surface area contributed by atoms with Crippen molar-refractivity contribution in [2.75, 3.05) is 0 Å². The highest BCUT2D eigenvalue weighted by atomic mass is 35.5. The van der Waals surface area contributed by atoms with Gasteiger partial charge in [-0.3, -0.25) is 4.79 Å². The first-order valence-corrected chi connectivity index (χ1v) is 6.41. The number of halogens is 1. The van der Waals surface area contributed by atoms with E-state index in [2.05, 4.69) is 0 Å². The Morgan fingerprint density at radius 1 is 0.737 bits per heavy atom. The smallest absolute Gasteiger partial charge is 0.193 e. The van der Waals surface area contributed by atoms with Crippen LogP contribution in [-0.2, 0) is 0 Å². The van der Waals surface area contributed by atoms with E-state index in [1.165, 1.54) is 0 Å². The molecule has 0 spiro atoms. The van der Waals surface area contributed by atoms with Gasteiger partial charge in [-0.2, -0.15) is 0 Å². The number of hydrogen-bond donors (Lipinski definition) is 0. The standard InChI is InChI=1S/C17H11ClO/c18-16-7-3-6-14(11-16)17(19)15-9-8-12-4-1-2-5-13(12)10-15/h1-11H. The number of ketones is 1. The van der Waals surface area contributed by atoms with Crippen molar-refractivity contribution >= 4 is 28.2 Å². The van der Waals surface area contributed by atoms with Crippen molar-refractivity contribution in [1.29, 1.82) is 0 Å². The summed E-state index contributed by atoms with van der Waals surface area (Å²) in [5.74, 6) is -0.00625. The Kier molecular flexibility index (Phi) is 3.06. The maximum atomic E-state index is 12.4. The highest BCUT2D eigenvalue weighted by Gasteiger charge is 2.09. The Labute approximate surface area is 116 Å². The van der Waals surface area contributed by atoms with Crippen molar-refractivity contribution in [3.05, 3.63) is 82.9 Å². The summed E-state index contributed by atoms with van der Waals surface area (Å²) in [6, 6.07) is 20.7. The lowest BCUT2D eigenvalue weighted by atomic mass is 10.00. The molecule has 19 heavy (non-hydrogen) atoms. The number of carbonyl (C=O) groups is 1. The van der Waals surface area contributed by atoms with Crippen molar-refractivity contribution in [2.45, 2.75) is 0 Å². The van der Waals surface area contributed by atoms with Gasteiger partial charge in [0.1, 0.15) is 0 Å². The van der Waals surface area contributed by atoms with Crippen molar-refractivity contribution in [3.8, 4) is 0 Å². The molecule has 0 bridgehead atoms. The molecular weight excluding hydrogens is 256 g/mol. The SMILES string of the molecule is O=C(c1cccc(Cl)c1)c1ccc2ccccc2c1.